The molecule has 1 aliphatic carbocycles. The molecule has 0 saturated heterocycles. The first-order valence-corrected chi connectivity index (χ1v) is 12.7. The maximum Gasteiger partial charge on any atom is 0.311 e. The predicted octanol–water partition coefficient (Wildman–Crippen LogP) is 5.89. The fourth-order valence-electron chi connectivity index (χ4n) is 4.58. The molecule has 1 heterocycles. The third-order valence-electron chi connectivity index (χ3n) is 6.32. The van der Waals surface area contributed by atoms with E-state index in [1.54, 1.807) is 17.8 Å². The zero-order valence-electron chi connectivity index (χ0n) is 19.3. The van der Waals surface area contributed by atoms with E-state index in [-0.39, 0.29) is 23.4 Å². The van der Waals surface area contributed by atoms with Gasteiger partial charge in [-0.25, -0.2) is 9.37 Å². The number of halogens is 1. The van der Waals surface area contributed by atoms with E-state index in [9.17, 15) is 19.1 Å². The Labute approximate surface area is 207 Å². The molecule has 8 heteroatoms. The molecule has 6 nitrogen and oxygen atoms in total. The van der Waals surface area contributed by atoms with E-state index in [2.05, 4.69) is 10.3 Å². The summed E-state index contributed by atoms with van der Waals surface area (Å²) in [6.45, 7) is 0. The van der Waals surface area contributed by atoms with Crippen LogP contribution in [0.5, 0.6) is 11.6 Å². The number of carbonyl (C=O) groups excluding carboxylic acids is 1. The number of hydrogen-bond donors (Lipinski definition) is 2. The zero-order chi connectivity index (χ0) is 24.8. The van der Waals surface area contributed by atoms with Gasteiger partial charge in [-0.3, -0.25) is 9.59 Å². The number of carbonyl (C=O) groups is 2. The Bertz CT molecular complexity index is 1180. The van der Waals surface area contributed by atoms with Crippen molar-refractivity contribution in [3.63, 3.8) is 0 Å². The number of nitrogens with one attached hydrogen (secondary N) is 1. The van der Waals surface area contributed by atoms with Crippen LogP contribution in [0.15, 0.2) is 71.8 Å². The smallest absolute Gasteiger partial charge is 0.311 e. The van der Waals surface area contributed by atoms with Crippen LogP contribution in [-0.2, 0) is 4.79 Å². The van der Waals surface area contributed by atoms with Gasteiger partial charge in [-0.1, -0.05) is 36.4 Å². The van der Waals surface area contributed by atoms with E-state index in [4.69, 9.17) is 4.74 Å². The van der Waals surface area contributed by atoms with Gasteiger partial charge in [-0.05, 0) is 67.7 Å². The average Bonchev–Trinajstić information content (AvgIpc) is 2.87. The molecule has 1 unspecified atom stereocenters. The molecule has 3 aromatic rings. The van der Waals surface area contributed by atoms with Gasteiger partial charge in [0, 0.05) is 10.9 Å². The largest absolute Gasteiger partial charge is 0.481 e. The number of nitrogens with zero attached hydrogens (tertiary/aromatic N) is 1. The number of amides is 1. The van der Waals surface area contributed by atoms with E-state index in [0.717, 1.165) is 22.7 Å². The van der Waals surface area contributed by atoms with Gasteiger partial charge in [-0.2, -0.15) is 0 Å². The van der Waals surface area contributed by atoms with Gasteiger partial charge >= 0.3 is 5.97 Å². The van der Waals surface area contributed by atoms with Crippen molar-refractivity contribution < 1.29 is 23.8 Å². The summed E-state index contributed by atoms with van der Waals surface area (Å²) in [4.78, 5) is 30.0. The van der Waals surface area contributed by atoms with Crippen molar-refractivity contribution in [1.82, 2.24) is 10.3 Å². The Hall–Kier alpha value is -3.39. The summed E-state index contributed by atoms with van der Waals surface area (Å²) in [5.74, 6) is -1.97. The first kappa shape index (κ1) is 24.7. The van der Waals surface area contributed by atoms with Crippen LogP contribution in [0.3, 0.4) is 0 Å². The fraction of sp³-hybridized carbons (Fsp3) is 0.296. The van der Waals surface area contributed by atoms with Crippen LogP contribution in [-0.4, -0.2) is 34.3 Å². The Balaban J connectivity index is 1.42. The monoisotopic (exact) mass is 494 g/mol. The first-order chi connectivity index (χ1) is 16.9. The number of hydrogen-bond acceptors (Lipinski definition) is 5. The number of carboxylic acids is 1. The summed E-state index contributed by atoms with van der Waals surface area (Å²) in [6, 6.07) is 17.6. The lowest BCUT2D eigenvalue weighted by atomic mass is 9.75. The summed E-state index contributed by atoms with van der Waals surface area (Å²) < 4.78 is 19.8. The van der Waals surface area contributed by atoms with Gasteiger partial charge in [-0.15, -0.1) is 11.8 Å². The van der Waals surface area contributed by atoms with Gasteiger partial charge < -0.3 is 15.2 Å². The number of carboxylic acid groups (broad SMARTS) is 1. The van der Waals surface area contributed by atoms with Crippen molar-refractivity contribution in [2.75, 3.05) is 6.26 Å². The molecule has 1 saturated carbocycles. The summed E-state index contributed by atoms with van der Waals surface area (Å²) in [7, 11) is 0. The first-order valence-electron chi connectivity index (χ1n) is 11.5. The van der Waals surface area contributed by atoms with Gasteiger partial charge in [0.1, 0.15) is 17.1 Å². The molecule has 0 bridgehead atoms. The highest BCUT2D eigenvalue weighted by atomic mass is 32.2. The van der Waals surface area contributed by atoms with Crippen molar-refractivity contribution in [3.05, 3.63) is 83.8 Å². The maximum absolute atomic E-state index is 14.0. The van der Waals surface area contributed by atoms with Crippen LogP contribution >= 0.6 is 11.8 Å². The average molecular weight is 495 g/mol. The molecule has 1 aromatic heterocycles. The molecule has 4 rings (SSSR count). The minimum Gasteiger partial charge on any atom is -0.481 e. The van der Waals surface area contributed by atoms with Gasteiger partial charge in [0.05, 0.1) is 12.1 Å². The number of rotatable bonds is 8. The molecule has 1 fully saturated rings. The maximum atomic E-state index is 14.0. The normalized spacial score (nSPS) is 18.5. The molecular formula is C27H27FN2O4S. The highest BCUT2D eigenvalue weighted by Gasteiger charge is 2.34. The molecular weight excluding hydrogens is 467 g/mol. The molecule has 1 atom stereocenters. The third-order valence-corrected chi connectivity index (χ3v) is 7.05. The number of ether oxygens (including phenoxy) is 1. The molecule has 2 aromatic carbocycles. The zero-order valence-corrected chi connectivity index (χ0v) is 20.1. The number of aromatic nitrogens is 1. The quantitative estimate of drug-likeness (QED) is 0.380. The van der Waals surface area contributed by atoms with Crippen LogP contribution in [0.25, 0.3) is 0 Å². The van der Waals surface area contributed by atoms with Crippen LogP contribution in [0, 0.1) is 11.7 Å². The van der Waals surface area contributed by atoms with Crippen LogP contribution in [0.4, 0.5) is 4.39 Å². The lowest BCUT2D eigenvalue weighted by Crippen LogP contribution is -2.39. The Morgan fingerprint density at radius 3 is 2.51 bits per heavy atom. The summed E-state index contributed by atoms with van der Waals surface area (Å²) >= 11 is 1.56. The number of benzene rings is 2. The number of thioether (sulfide) groups is 1. The van der Waals surface area contributed by atoms with Crippen LogP contribution in [0.1, 0.15) is 47.5 Å². The van der Waals surface area contributed by atoms with E-state index in [1.165, 1.54) is 0 Å². The lowest BCUT2D eigenvalue weighted by molar-refractivity contribution is -0.140. The van der Waals surface area contributed by atoms with Crippen molar-refractivity contribution in [3.8, 4) is 11.6 Å². The fourth-order valence-corrected chi connectivity index (χ4v) is 5.03. The second-order valence-electron chi connectivity index (χ2n) is 8.60. The Morgan fingerprint density at radius 1 is 1.09 bits per heavy atom. The van der Waals surface area contributed by atoms with Gasteiger partial charge in [0.2, 0.25) is 5.88 Å². The highest BCUT2D eigenvalue weighted by Crippen LogP contribution is 2.37. The molecule has 1 amide bonds. The van der Waals surface area contributed by atoms with Crippen molar-refractivity contribution in [2.45, 2.75) is 42.5 Å². The van der Waals surface area contributed by atoms with Crippen LogP contribution in [0.2, 0.25) is 0 Å². The van der Waals surface area contributed by atoms with E-state index < -0.39 is 23.6 Å². The highest BCUT2D eigenvalue weighted by molar-refractivity contribution is 7.98. The van der Waals surface area contributed by atoms with Crippen molar-refractivity contribution in [1.29, 1.82) is 0 Å². The second kappa shape index (κ2) is 11.4. The molecule has 0 spiro atoms. The van der Waals surface area contributed by atoms with Crippen LogP contribution < -0.4 is 10.1 Å². The predicted molar refractivity (Wildman–Crippen MR) is 133 cm³/mol. The molecule has 2 N–H and O–H groups in total. The molecule has 0 aliphatic heterocycles. The number of pyridine rings is 1. The van der Waals surface area contributed by atoms with E-state index in [0.29, 0.717) is 31.4 Å². The topological polar surface area (TPSA) is 88.5 Å². The second-order valence-corrected chi connectivity index (χ2v) is 9.48. The number of aliphatic carboxylic acids is 1. The lowest BCUT2D eigenvalue weighted by Gasteiger charge is -2.32. The minimum atomic E-state index is -0.832. The Kier molecular flexibility index (Phi) is 8.02. The van der Waals surface area contributed by atoms with E-state index >= 15 is 0 Å². The van der Waals surface area contributed by atoms with Gasteiger partial charge in [0.15, 0.2) is 0 Å². The molecule has 35 heavy (non-hydrogen) atoms. The standard InChI is InChI=1S/C27H27FN2O4S/c1-35-22-9-5-8-21(15-22)34-26-23(14-19(28)16-29-26)25(31)30-20-12-10-18(11-13-20)24(27(32)33)17-6-3-2-4-7-17/h2-9,14-16,18,20,24H,10-13H2,1H3,(H,30,31)(H,32,33). The van der Waals surface area contributed by atoms with E-state index in [1.807, 2.05) is 54.8 Å². The minimum absolute atomic E-state index is 0.0125. The summed E-state index contributed by atoms with van der Waals surface area (Å²) in [5.41, 5.74) is 0.819. The SMILES string of the molecule is CSc1cccc(Oc2ncc(F)cc2C(=O)NC2CCC(C(C(=O)O)c3ccccc3)CC2)c1. The molecule has 0 radical (unpaired) electrons. The van der Waals surface area contributed by atoms with Crippen molar-refractivity contribution in [2.24, 2.45) is 5.92 Å². The molecule has 1 aliphatic rings. The Morgan fingerprint density at radius 2 is 1.83 bits per heavy atom. The summed E-state index contributed by atoms with van der Waals surface area (Å²) in [5, 5.41) is 12.8. The van der Waals surface area contributed by atoms with Gasteiger partial charge in [0.25, 0.3) is 5.91 Å². The van der Waals surface area contributed by atoms with Crippen molar-refractivity contribution >= 4 is 23.6 Å². The molecule has 182 valence electrons. The summed E-state index contributed by atoms with van der Waals surface area (Å²) in [6.07, 6.45) is 5.59. The third kappa shape index (κ3) is 6.19.